The highest BCUT2D eigenvalue weighted by Gasteiger charge is 2.17. The Morgan fingerprint density at radius 2 is 2.24 bits per heavy atom. The van der Waals surface area contributed by atoms with Gasteiger partial charge in [-0.2, -0.15) is 0 Å². The third-order valence-electron chi connectivity index (χ3n) is 2.68. The fourth-order valence-corrected chi connectivity index (χ4v) is 3.69. The number of hydrogen-bond donors (Lipinski definition) is 2. The molecule has 0 spiro atoms. The van der Waals surface area contributed by atoms with Crippen molar-refractivity contribution in [2.75, 3.05) is 40.0 Å². The number of thiophene rings is 1. The lowest BCUT2D eigenvalue weighted by molar-refractivity contribution is -0.132. The van der Waals surface area contributed by atoms with Crippen molar-refractivity contribution in [2.45, 2.75) is 10.6 Å². The highest BCUT2D eigenvalue weighted by atomic mass is 32.2. The molecule has 0 aliphatic rings. The topological polar surface area (TPSA) is 95.9 Å². The molecule has 0 radical (unpaired) electrons. The van der Waals surface area contributed by atoms with Crippen LogP contribution in [-0.4, -0.2) is 64.3 Å². The number of amides is 1. The SMILES string of the molecule is COCCN(CCO)C(=O)CCNS(=O)(=O)c1cccs1. The Hall–Kier alpha value is -1.00. The number of aliphatic hydroxyl groups excluding tert-OH is 1. The van der Waals surface area contributed by atoms with Crippen molar-refractivity contribution in [3.8, 4) is 0 Å². The number of hydrogen-bond acceptors (Lipinski definition) is 6. The van der Waals surface area contributed by atoms with Crippen molar-refractivity contribution in [3.05, 3.63) is 17.5 Å². The molecule has 1 aromatic heterocycles. The fourth-order valence-electron chi connectivity index (χ4n) is 1.62. The van der Waals surface area contributed by atoms with Gasteiger partial charge in [-0.3, -0.25) is 4.79 Å². The second-order valence-corrected chi connectivity index (χ2v) is 7.12. The van der Waals surface area contributed by atoms with Gasteiger partial charge in [0.1, 0.15) is 4.21 Å². The highest BCUT2D eigenvalue weighted by molar-refractivity contribution is 7.91. The summed E-state index contributed by atoms with van der Waals surface area (Å²) in [6, 6.07) is 3.16. The standard InChI is InChI=1S/C12H20N2O5S2/c1-19-9-7-14(6-8-15)11(16)4-5-13-21(17,18)12-3-2-10-20-12/h2-3,10,13,15H,4-9H2,1H3. The van der Waals surface area contributed by atoms with Crippen LogP contribution in [-0.2, 0) is 19.6 Å². The average Bonchev–Trinajstić information content (AvgIpc) is 2.98. The van der Waals surface area contributed by atoms with E-state index in [2.05, 4.69) is 4.72 Å². The molecule has 0 atom stereocenters. The summed E-state index contributed by atoms with van der Waals surface area (Å²) in [6.45, 7) is 0.824. The van der Waals surface area contributed by atoms with Crippen molar-refractivity contribution in [3.63, 3.8) is 0 Å². The molecule has 0 aliphatic carbocycles. The van der Waals surface area contributed by atoms with E-state index >= 15 is 0 Å². The summed E-state index contributed by atoms with van der Waals surface area (Å²) in [4.78, 5) is 13.4. The Balaban J connectivity index is 2.44. The van der Waals surface area contributed by atoms with Crippen molar-refractivity contribution in [1.29, 1.82) is 0 Å². The number of carbonyl (C=O) groups is 1. The number of sulfonamides is 1. The van der Waals surface area contributed by atoms with E-state index in [-0.39, 0.29) is 36.2 Å². The molecule has 0 fully saturated rings. The first-order valence-corrected chi connectivity index (χ1v) is 8.78. The lowest BCUT2D eigenvalue weighted by Gasteiger charge is -2.21. The third-order valence-corrected chi connectivity index (χ3v) is 5.54. The monoisotopic (exact) mass is 336 g/mol. The maximum absolute atomic E-state index is 11.9. The predicted molar refractivity (Wildman–Crippen MR) is 79.7 cm³/mol. The summed E-state index contributed by atoms with van der Waals surface area (Å²) < 4.78 is 31.2. The first kappa shape index (κ1) is 18.1. The summed E-state index contributed by atoms with van der Waals surface area (Å²) in [6.07, 6.45) is 0.0360. The van der Waals surface area contributed by atoms with E-state index in [0.29, 0.717) is 13.2 Å². The first-order chi connectivity index (χ1) is 10.0. The molecule has 9 heteroatoms. The maximum atomic E-state index is 11.9. The van der Waals surface area contributed by atoms with Gasteiger partial charge in [0.2, 0.25) is 15.9 Å². The molecule has 21 heavy (non-hydrogen) atoms. The van der Waals surface area contributed by atoms with Crippen LogP contribution in [0.5, 0.6) is 0 Å². The van der Waals surface area contributed by atoms with Gasteiger partial charge in [-0.1, -0.05) is 6.07 Å². The summed E-state index contributed by atoms with van der Waals surface area (Å²) in [5.41, 5.74) is 0. The molecule has 0 bridgehead atoms. The summed E-state index contributed by atoms with van der Waals surface area (Å²) in [7, 11) is -2.02. The summed E-state index contributed by atoms with van der Waals surface area (Å²) in [5.74, 6) is -0.227. The van der Waals surface area contributed by atoms with E-state index in [1.54, 1.807) is 11.4 Å². The number of methoxy groups -OCH3 is 1. The van der Waals surface area contributed by atoms with Crippen LogP contribution < -0.4 is 4.72 Å². The Bertz CT molecular complexity index is 516. The second-order valence-electron chi connectivity index (χ2n) is 4.18. The summed E-state index contributed by atoms with van der Waals surface area (Å²) >= 11 is 1.12. The molecule has 1 aromatic rings. The van der Waals surface area contributed by atoms with Crippen LogP contribution in [0.25, 0.3) is 0 Å². The Labute approximate surface area is 128 Å². The second kappa shape index (κ2) is 9.11. The quantitative estimate of drug-likeness (QED) is 0.621. The van der Waals surface area contributed by atoms with Gasteiger partial charge in [0.15, 0.2) is 0 Å². The van der Waals surface area contributed by atoms with E-state index in [1.807, 2.05) is 0 Å². The first-order valence-electron chi connectivity index (χ1n) is 6.42. The van der Waals surface area contributed by atoms with Gasteiger partial charge in [-0.15, -0.1) is 11.3 Å². The molecule has 1 heterocycles. The van der Waals surface area contributed by atoms with Gasteiger partial charge in [0.05, 0.1) is 13.2 Å². The van der Waals surface area contributed by atoms with Gasteiger partial charge in [-0.05, 0) is 11.4 Å². The molecule has 120 valence electrons. The molecular weight excluding hydrogens is 316 g/mol. The Morgan fingerprint density at radius 1 is 1.48 bits per heavy atom. The van der Waals surface area contributed by atoms with Crippen molar-refractivity contribution >= 4 is 27.3 Å². The largest absolute Gasteiger partial charge is 0.395 e. The minimum Gasteiger partial charge on any atom is -0.395 e. The van der Waals surface area contributed by atoms with E-state index < -0.39 is 10.0 Å². The Morgan fingerprint density at radius 3 is 2.81 bits per heavy atom. The van der Waals surface area contributed by atoms with E-state index in [4.69, 9.17) is 9.84 Å². The number of ether oxygens (including phenoxy) is 1. The number of aliphatic hydroxyl groups is 1. The molecule has 0 unspecified atom stereocenters. The molecule has 7 nitrogen and oxygen atoms in total. The normalized spacial score (nSPS) is 11.5. The fraction of sp³-hybridized carbons (Fsp3) is 0.583. The predicted octanol–water partition coefficient (Wildman–Crippen LogP) is -0.116. The number of carbonyl (C=O) groups excluding carboxylic acids is 1. The zero-order chi connectivity index (χ0) is 15.7. The number of rotatable bonds is 10. The number of nitrogens with zero attached hydrogens (tertiary/aromatic N) is 1. The van der Waals surface area contributed by atoms with Crippen LogP contribution >= 0.6 is 11.3 Å². The molecule has 0 saturated carbocycles. The molecule has 2 N–H and O–H groups in total. The van der Waals surface area contributed by atoms with E-state index in [9.17, 15) is 13.2 Å². The molecule has 0 aromatic carbocycles. The minimum absolute atomic E-state index is 0.0218. The van der Waals surface area contributed by atoms with Crippen LogP contribution in [0.4, 0.5) is 0 Å². The lowest BCUT2D eigenvalue weighted by atomic mass is 10.3. The highest BCUT2D eigenvalue weighted by Crippen LogP contribution is 2.15. The van der Waals surface area contributed by atoms with Gasteiger partial charge in [0.25, 0.3) is 0 Å². The summed E-state index contributed by atoms with van der Waals surface area (Å²) in [5, 5.41) is 10.6. The third kappa shape index (κ3) is 6.10. The van der Waals surface area contributed by atoms with Gasteiger partial charge >= 0.3 is 0 Å². The minimum atomic E-state index is -3.54. The molecule has 0 saturated heterocycles. The van der Waals surface area contributed by atoms with Crippen LogP contribution in [0.1, 0.15) is 6.42 Å². The van der Waals surface area contributed by atoms with Gasteiger partial charge in [-0.25, -0.2) is 13.1 Å². The van der Waals surface area contributed by atoms with Gasteiger partial charge in [0, 0.05) is 33.2 Å². The zero-order valence-corrected chi connectivity index (χ0v) is 13.5. The molecule has 1 amide bonds. The van der Waals surface area contributed by atoms with Crippen LogP contribution in [0, 0.1) is 0 Å². The average molecular weight is 336 g/mol. The van der Waals surface area contributed by atoms with E-state index in [0.717, 1.165) is 11.3 Å². The number of nitrogens with one attached hydrogen (secondary N) is 1. The molecule has 0 aliphatic heterocycles. The van der Waals surface area contributed by atoms with Crippen molar-refractivity contribution < 1.29 is 23.1 Å². The molecule has 1 rings (SSSR count). The zero-order valence-electron chi connectivity index (χ0n) is 11.8. The van der Waals surface area contributed by atoms with Gasteiger partial charge < -0.3 is 14.7 Å². The van der Waals surface area contributed by atoms with Crippen LogP contribution in [0.2, 0.25) is 0 Å². The molecular formula is C12H20N2O5S2. The Kier molecular flexibility index (Phi) is 7.83. The lowest BCUT2D eigenvalue weighted by Crippen LogP contribution is -2.38. The smallest absolute Gasteiger partial charge is 0.250 e. The van der Waals surface area contributed by atoms with Crippen LogP contribution in [0.3, 0.4) is 0 Å². The maximum Gasteiger partial charge on any atom is 0.250 e. The van der Waals surface area contributed by atoms with Crippen LogP contribution in [0.15, 0.2) is 21.7 Å². The van der Waals surface area contributed by atoms with E-state index in [1.165, 1.54) is 18.1 Å². The van der Waals surface area contributed by atoms with Crippen molar-refractivity contribution in [2.24, 2.45) is 0 Å². The van der Waals surface area contributed by atoms with Crippen molar-refractivity contribution in [1.82, 2.24) is 9.62 Å².